The van der Waals surface area contributed by atoms with Crippen LogP contribution in [0.25, 0.3) is 10.9 Å². The smallest absolute Gasteiger partial charge is 0.339 e. The van der Waals surface area contributed by atoms with Crippen LogP contribution in [0.1, 0.15) is 52.9 Å². The number of hydrogen-bond acceptors (Lipinski definition) is 4. The molecule has 1 aliphatic rings. The summed E-state index contributed by atoms with van der Waals surface area (Å²) in [6.07, 6.45) is 10.3. The molecule has 0 bridgehead atoms. The first-order valence-corrected chi connectivity index (χ1v) is 12.5. The van der Waals surface area contributed by atoms with E-state index in [0.717, 1.165) is 38.6 Å². The Morgan fingerprint density at radius 1 is 1.06 bits per heavy atom. The predicted molar refractivity (Wildman–Crippen MR) is 139 cm³/mol. The Kier molecular flexibility index (Phi) is 6.80. The third kappa shape index (κ3) is 5.06. The zero-order valence-corrected chi connectivity index (χ0v) is 20.2. The van der Waals surface area contributed by atoms with Crippen molar-refractivity contribution in [1.82, 2.24) is 14.5 Å². The van der Waals surface area contributed by atoms with Gasteiger partial charge in [-0.1, -0.05) is 48.5 Å². The second kappa shape index (κ2) is 10.3. The van der Waals surface area contributed by atoms with E-state index in [9.17, 15) is 9.90 Å². The highest BCUT2D eigenvalue weighted by molar-refractivity contribution is 5.88. The van der Waals surface area contributed by atoms with Crippen molar-refractivity contribution in [2.75, 3.05) is 11.4 Å². The zero-order chi connectivity index (χ0) is 24.2. The van der Waals surface area contributed by atoms with Gasteiger partial charge < -0.3 is 14.6 Å². The van der Waals surface area contributed by atoms with Crippen molar-refractivity contribution < 1.29 is 9.90 Å². The van der Waals surface area contributed by atoms with E-state index < -0.39 is 5.97 Å². The number of para-hydroxylation sites is 1. The van der Waals surface area contributed by atoms with Crippen LogP contribution >= 0.6 is 0 Å². The monoisotopic (exact) mass is 468 g/mol. The van der Waals surface area contributed by atoms with E-state index in [1.54, 1.807) is 0 Å². The van der Waals surface area contributed by atoms with E-state index in [0.29, 0.717) is 24.1 Å². The second-order valence-corrected chi connectivity index (χ2v) is 9.50. The molecule has 0 amide bonds. The molecule has 2 aromatic carbocycles. The number of aromatic nitrogens is 3. The van der Waals surface area contributed by atoms with E-state index in [-0.39, 0.29) is 5.56 Å². The standard InChI is InChI=1S/C29H32N4O2/c1-32-20-22(24-14-5-6-16-27(24)32)12-9-15-26-25(28(34)35)19-30-29(31-26)33-17-8-7-13-23(33)18-21-10-3-2-4-11-21/h2-6,10-11,14,16,19-20,23H,7-9,12-13,15,17-18H2,1H3,(H,34,35). The normalized spacial score (nSPS) is 16.0. The molecule has 4 aromatic rings. The molecule has 3 heterocycles. The SMILES string of the molecule is Cn1cc(CCCc2nc(N3CCCCC3Cc3ccccc3)ncc2C(=O)O)c2ccccc21. The van der Waals surface area contributed by atoms with Crippen molar-refractivity contribution in [3.05, 3.63) is 89.4 Å². The number of benzene rings is 2. The van der Waals surface area contributed by atoms with Gasteiger partial charge in [0.15, 0.2) is 0 Å². The van der Waals surface area contributed by atoms with Gasteiger partial charge in [0.2, 0.25) is 5.95 Å². The van der Waals surface area contributed by atoms with Gasteiger partial charge in [0.1, 0.15) is 0 Å². The van der Waals surface area contributed by atoms with Crippen LogP contribution in [0.4, 0.5) is 5.95 Å². The molecule has 0 saturated carbocycles. The van der Waals surface area contributed by atoms with Gasteiger partial charge >= 0.3 is 5.97 Å². The predicted octanol–water partition coefficient (Wildman–Crippen LogP) is 5.44. The van der Waals surface area contributed by atoms with Gasteiger partial charge in [0.05, 0.1) is 11.3 Å². The number of fused-ring (bicyclic) bond motifs is 1. The van der Waals surface area contributed by atoms with Gasteiger partial charge in [-0.3, -0.25) is 0 Å². The Hall–Kier alpha value is -3.67. The van der Waals surface area contributed by atoms with E-state index in [1.165, 1.54) is 34.6 Å². The summed E-state index contributed by atoms with van der Waals surface area (Å²) in [5.74, 6) is -0.299. The molecule has 1 atom stereocenters. The van der Waals surface area contributed by atoms with Crippen molar-refractivity contribution in [3.63, 3.8) is 0 Å². The lowest BCUT2D eigenvalue weighted by molar-refractivity contribution is 0.0694. The average molecular weight is 469 g/mol. The first kappa shape index (κ1) is 23.1. The summed E-state index contributed by atoms with van der Waals surface area (Å²) >= 11 is 0. The van der Waals surface area contributed by atoms with E-state index in [2.05, 4.69) is 76.2 Å². The molecule has 0 aliphatic carbocycles. The van der Waals surface area contributed by atoms with E-state index in [1.807, 2.05) is 6.07 Å². The molecule has 35 heavy (non-hydrogen) atoms. The molecule has 0 radical (unpaired) electrons. The van der Waals surface area contributed by atoms with Crippen molar-refractivity contribution >= 4 is 22.8 Å². The van der Waals surface area contributed by atoms with Crippen LogP contribution in [0, 0.1) is 0 Å². The quantitative estimate of drug-likeness (QED) is 0.373. The number of aryl methyl sites for hydroxylation is 3. The minimum atomic E-state index is -0.962. The summed E-state index contributed by atoms with van der Waals surface area (Å²) in [7, 11) is 2.07. The maximum absolute atomic E-state index is 11.9. The number of carbonyl (C=O) groups is 1. The fraction of sp³-hybridized carbons (Fsp3) is 0.345. The molecule has 180 valence electrons. The van der Waals surface area contributed by atoms with Gasteiger partial charge in [-0.25, -0.2) is 14.8 Å². The van der Waals surface area contributed by atoms with Crippen LogP contribution in [-0.4, -0.2) is 38.2 Å². The third-order valence-corrected chi connectivity index (χ3v) is 7.12. The Balaban J connectivity index is 1.35. The highest BCUT2D eigenvalue weighted by Gasteiger charge is 2.26. The summed E-state index contributed by atoms with van der Waals surface area (Å²) < 4.78 is 2.15. The third-order valence-electron chi connectivity index (χ3n) is 7.12. The Morgan fingerprint density at radius 3 is 2.69 bits per heavy atom. The number of nitrogens with zero attached hydrogens (tertiary/aromatic N) is 4. The van der Waals surface area contributed by atoms with Crippen LogP contribution < -0.4 is 4.90 Å². The van der Waals surface area contributed by atoms with Crippen LogP contribution in [0.2, 0.25) is 0 Å². The van der Waals surface area contributed by atoms with Gasteiger partial charge in [-0.05, 0) is 62.1 Å². The molecule has 1 unspecified atom stereocenters. The number of hydrogen-bond donors (Lipinski definition) is 1. The summed E-state index contributed by atoms with van der Waals surface area (Å²) in [5, 5.41) is 11.0. The number of carboxylic acid groups (broad SMARTS) is 1. The molecule has 1 saturated heterocycles. The zero-order valence-electron chi connectivity index (χ0n) is 20.2. The second-order valence-electron chi connectivity index (χ2n) is 9.50. The number of piperidine rings is 1. The Labute approximate surface area is 206 Å². The number of rotatable bonds is 8. The lowest BCUT2D eigenvalue weighted by atomic mass is 9.96. The summed E-state index contributed by atoms with van der Waals surface area (Å²) in [6, 6.07) is 19.3. The molecule has 1 aliphatic heterocycles. The molecule has 5 rings (SSSR count). The van der Waals surface area contributed by atoms with Crippen molar-refractivity contribution in [1.29, 1.82) is 0 Å². The number of carboxylic acids is 1. The van der Waals surface area contributed by atoms with Crippen molar-refractivity contribution in [2.24, 2.45) is 7.05 Å². The highest BCUT2D eigenvalue weighted by Crippen LogP contribution is 2.26. The van der Waals surface area contributed by atoms with Crippen LogP contribution in [0.3, 0.4) is 0 Å². The lowest BCUT2D eigenvalue weighted by Crippen LogP contribution is -2.42. The fourth-order valence-electron chi connectivity index (χ4n) is 5.35. The largest absolute Gasteiger partial charge is 0.478 e. The molecule has 6 heteroatoms. The number of anilines is 1. The van der Waals surface area contributed by atoms with Gasteiger partial charge in [0, 0.05) is 42.9 Å². The maximum Gasteiger partial charge on any atom is 0.339 e. The van der Waals surface area contributed by atoms with Crippen molar-refractivity contribution in [2.45, 2.75) is 51.0 Å². The molecule has 1 N–H and O–H groups in total. The molecule has 0 spiro atoms. The van der Waals surface area contributed by atoms with Crippen molar-refractivity contribution in [3.8, 4) is 0 Å². The Bertz CT molecular complexity index is 1320. The average Bonchev–Trinajstić information content (AvgIpc) is 3.20. The summed E-state index contributed by atoms with van der Waals surface area (Å²) in [5.41, 5.74) is 4.65. The van der Waals surface area contributed by atoms with Crippen LogP contribution in [0.5, 0.6) is 0 Å². The number of aromatic carboxylic acids is 1. The molecular formula is C29H32N4O2. The summed E-state index contributed by atoms with van der Waals surface area (Å²) in [6.45, 7) is 0.902. The van der Waals surface area contributed by atoms with E-state index in [4.69, 9.17) is 4.98 Å². The first-order chi connectivity index (χ1) is 17.1. The van der Waals surface area contributed by atoms with Crippen LogP contribution in [0.15, 0.2) is 67.0 Å². The minimum Gasteiger partial charge on any atom is -0.478 e. The van der Waals surface area contributed by atoms with Gasteiger partial charge in [0.25, 0.3) is 0 Å². The summed E-state index contributed by atoms with van der Waals surface area (Å²) in [4.78, 5) is 23.6. The van der Waals surface area contributed by atoms with Gasteiger partial charge in [-0.2, -0.15) is 0 Å². The highest BCUT2D eigenvalue weighted by atomic mass is 16.4. The molecule has 6 nitrogen and oxygen atoms in total. The van der Waals surface area contributed by atoms with E-state index >= 15 is 0 Å². The van der Waals surface area contributed by atoms with Gasteiger partial charge in [-0.15, -0.1) is 0 Å². The topological polar surface area (TPSA) is 71.2 Å². The maximum atomic E-state index is 11.9. The van der Waals surface area contributed by atoms with Crippen LogP contribution in [-0.2, 0) is 26.3 Å². The minimum absolute atomic E-state index is 0.211. The fourth-order valence-corrected chi connectivity index (χ4v) is 5.35. The lowest BCUT2D eigenvalue weighted by Gasteiger charge is -2.36. The Morgan fingerprint density at radius 2 is 1.86 bits per heavy atom. The first-order valence-electron chi connectivity index (χ1n) is 12.5. The molecular weight excluding hydrogens is 436 g/mol. The molecule has 1 fully saturated rings. The molecule has 2 aromatic heterocycles.